The molecule has 3 fully saturated rings. The number of esters is 1. The lowest BCUT2D eigenvalue weighted by Crippen LogP contribution is -2.61. The average molecular weight is 404 g/mol. The summed E-state index contributed by atoms with van der Waals surface area (Å²) in [4.78, 5) is 12.1. The van der Waals surface area contributed by atoms with Crippen LogP contribution in [0.3, 0.4) is 0 Å². The molecule has 10 atom stereocenters. The fourth-order valence-corrected chi connectivity index (χ4v) is 4.19. The Bertz CT molecular complexity index is 622. The Kier molecular flexibility index (Phi) is 5.60. The maximum Gasteiger partial charge on any atom is 0.337 e. The van der Waals surface area contributed by atoms with E-state index in [1.807, 2.05) is 0 Å². The van der Waals surface area contributed by atoms with Crippen LogP contribution >= 0.6 is 0 Å². The van der Waals surface area contributed by atoms with Gasteiger partial charge in [-0.15, -0.1) is 0 Å². The molecule has 10 unspecified atom stereocenters. The summed E-state index contributed by atoms with van der Waals surface area (Å²) in [6.07, 6.45) is -7.27. The molecule has 0 aromatic rings. The van der Waals surface area contributed by atoms with Crippen molar-refractivity contribution in [1.29, 1.82) is 0 Å². The zero-order chi connectivity index (χ0) is 20.0. The Morgan fingerprint density at radius 2 is 1.96 bits per heavy atom. The van der Waals surface area contributed by atoms with Crippen LogP contribution in [0.5, 0.6) is 0 Å². The van der Waals surface area contributed by atoms with E-state index < -0.39 is 67.9 Å². The van der Waals surface area contributed by atoms with Gasteiger partial charge in [-0.25, -0.2) is 4.79 Å². The Morgan fingerprint density at radius 1 is 1.18 bits per heavy atom. The minimum Gasteiger partial charge on any atom is -0.471 e. The van der Waals surface area contributed by atoms with Crippen LogP contribution in [0.1, 0.15) is 6.42 Å². The first-order valence-corrected chi connectivity index (χ1v) is 9.11. The van der Waals surface area contributed by atoms with E-state index in [9.17, 15) is 25.2 Å². The molecule has 158 valence electrons. The Balaban J connectivity index is 1.55. The largest absolute Gasteiger partial charge is 0.471 e. The molecule has 3 saturated heterocycles. The molecule has 4 heterocycles. The van der Waals surface area contributed by atoms with Gasteiger partial charge < -0.3 is 48.8 Å². The molecule has 28 heavy (non-hydrogen) atoms. The van der Waals surface area contributed by atoms with Gasteiger partial charge in [-0.1, -0.05) is 0 Å². The van der Waals surface area contributed by atoms with Crippen LogP contribution in [-0.4, -0.2) is 96.1 Å². The van der Waals surface area contributed by atoms with Crippen LogP contribution in [0.25, 0.3) is 0 Å². The first kappa shape index (κ1) is 20.0. The third-order valence-electron chi connectivity index (χ3n) is 5.69. The Hall–Kier alpha value is -1.31. The van der Waals surface area contributed by atoms with Crippen LogP contribution in [0, 0.1) is 11.8 Å². The van der Waals surface area contributed by atoms with E-state index in [2.05, 4.69) is 0 Å². The predicted octanol–water partition coefficient (Wildman–Crippen LogP) is -2.41. The highest BCUT2D eigenvalue weighted by molar-refractivity contribution is 5.88. The molecule has 0 amide bonds. The highest BCUT2D eigenvalue weighted by Crippen LogP contribution is 2.46. The SMILES string of the molecule is COC(=O)C1=COC(OC2OC(CO)C(O)C(O)C2O)C2C3COC(CC12)O3. The number of methoxy groups -OCH3 is 1. The number of hydrogen-bond acceptors (Lipinski definition) is 11. The number of rotatable bonds is 4. The summed E-state index contributed by atoms with van der Waals surface area (Å²) in [6.45, 7) is -0.284. The van der Waals surface area contributed by atoms with Gasteiger partial charge in [-0.2, -0.15) is 0 Å². The molecule has 0 aromatic heterocycles. The second kappa shape index (κ2) is 7.84. The summed E-state index contributed by atoms with van der Waals surface area (Å²) < 4.78 is 32.9. The van der Waals surface area contributed by atoms with Gasteiger partial charge in [0, 0.05) is 12.3 Å². The number of carbonyl (C=O) groups is 1. The van der Waals surface area contributed by atoms with Crippen molar-refractivity contribution in [1.82, 2.24) is 0 Å². The fourth-order valence-electron chi connectivity index (χ4n) is 4.19. The van der Waals surface area contributed by atoms with Gasteiger partial charge in [0.25, 0.3) is 0 Å². The summed E-state index contributed by atoms with van der Waals surface area (Å²) in [7, 11) is 1.28. The van der Waals surface area contributed by atoms with Gasteiger partial charge in [0.15, 0.2) is 12.6 Å². The van der Waals surface area contributed by atoms with Crippen molar-refractivity contribution in [2.24, 2.45) is 11.8 Å². The molecule has 0 saturated carbocycles. The van der Waals surface area contributed by atoms with E-state index in [0.717, 1.165) is 0 Å². The van der Waals surface area contributed by atoms with Crippen molar-refractivity contribution < 1.29 is 53.6 Å². The molecular formula is C17H24O11. The van der Waals surface area contributed by atoms with Crippen LogP contribution in [0.2, 0.25) is 0 Å². The number of hydrogen-bond donors (Lipinski definition) is 4. The van der Waals surface area contributed by atoms with Crippen molar-refractivity contribution in [2.75, 3.05) is 20.3 Å². The summed E-state index contributed by atoms with van der Waals surface area (Å²) in [5.41, 5.74) is 0.338. The molecule has 0 aliphatic carbocycles. The Labute approximate surface area is 160 Å². The van der Waals surface area contributed by atoms with Crippen molar-refractivity contribution >= 4 is 5.97 Å². The highest BCUT2D eigenvalue weighted by Gasteiger charge is 2.54. The monoisotopic (exact) mass is 404 g/mol. The predicted molar refractivity (Wildman–Crippen MR) is 86.0 cm³/mol. The van der Waals surface area contributed by atoms with Crippen molar-refractivity contribution in [2.45, 2.75) is 55.8 Å². The molecule has 4 aliphatic heterocycles. The van der Waals surface area contributed by atoms with Gasteiger partial charge in [0.2, 0.25) is 6.29 Å². The minimum atomic E-state index is -1.57. The first-order valence-electron chi connectivity index (χ1n) is 9.11. The zero-order valence-electron chi connectivity index (χ0n) is 15.1. The lowest BCUT2D eigenvalue weighted by molar-refractivity contribution is -0.347. The van der Waals surface area contributed by atoms with E-state index in [4.69, 9.17) is 28.4 Å². The number of fused-ring (bicyclic) bond motifs is 4. The molecule has 0 aromatic carbocycles. The van der Waals surface area contributed by atoms with Gasteiger partial charge in [-0.3, -0.25) is 0 Å². The second-order valence-corrected chi connectivity index (χ2v) is 7.26. The lowest BCUT2D eigenvalue weighted by atomic mass is 9.77. The molecule has 4 rings (SSSR count). The van der Waals surface area contributed by atoms with E-state index in [-0.39, 0.29) is 12.5 Å². The van der Waals surface area contributed by atoms with Gasteiger partial charge in [0.1, 0.15) is 24.4 Å². The van der Waals surface area contributed by atoms with Gasteiger partial charge >= 0.3 is 5.97 Å². The topological polar surface area (TPSA) is 153 Å². The number of carbonyl (C=O) groups excluding carboxylic acids is 1. The fraction of sp³-hybridized carbons (Fsp3) is 0.824. The van der Waals surface area contributed by atoms with E-state index in [1.165, 1.54) is 13.4 Å². The molecule has 4 aliphatic rings. The van der Waals surface area contributed by atoms with Crippen molar-refractivity contribution in [3.8, 4) is 0 Å². The van der Waals surface area contributed by atoms with Crippen LogP contribution in [0.4, 0.5) is 0 Å². The summed E-state index contributed by atoms with van der Waals surface area (Å²) >= 11 is 0. The molecule has 4 N–H and O–H groups in total. The molecule has 0 spiro atoms. The maximum atomic E-state index is 12.1. The molecular weight excluding hydrogens is 380 g/mol. The smallest absolute Gasteiger partial charge is 0.337 e. The molecule has 0 radical (unpaired) electrons. The van der Waals surface area contributed by atoms with Crippen molar-refractivity contribution in [3.05, 3.63) is 11.8 Å². The number of aliphatic hydroxyl groups is 4. The number of aliphatic hydroxyl groups excluding tert-OH is 4. The Morgan fingerprint density at radius 3 is 2.68 bits per heavy atom. The normalized spacial score (nSPS) is 47.7. The quantitative estimate of drug-likeness (QED) is 0.371. The molecule has 2 bridgehead atoms. The van der Waals surface area contributed by atoms with Gasteiger partial charge in [0.05, 0.1) is 44.2 Å². The van der Waals surface area contributed by atoms with Crippen LogP contribution in [-0.2, 0) is 33.2 Å². The summed E-state index contributed by atoms with van der Waals surface area (Å²) in [5.74, 6) is -1.30. The van der Waals surface area contributed by atoms with E-state index in [1.54, 1.807) is 0 Å². The summed E-state index contributed by atoms with van der Waals surface area (Å²) in [6, 6.07) is 0. The lowest BCUT2D eigenvalue weighted by Gasteiger charge is -2.45. The number of ether oxygens (including phenoxy) is 6. The zero-order valence-corrected chi connectivity index (χ0v) is 15.1. The third-order valence-corrected chi connectivity index (χ3v) is 5.69. The molecule has 11 nitrogen and oxygen atoms in total. The van der Waals surface area contributed by atoms with Crippen LogP contribution in [0.15, 0.2) is 11.8 Å². The van der Waals surface area contributed by atoms with Crippen molar-refractivity contribution in [3.63, 3.8) is 0 Å². The standard InChI is InChI=1S/C17H24O11/c1-23-15(22)7-4-25-16(11-6(7)2-10-24-5-9(11)26-10)28-17-14(21)13(20)12(19)8(3-18)27-17/h4,6,8-14,16-21H,2-3,5H2,1H3. The van der Waals surface area contributed by atoms with E-state index >= 15 is 0 Å². The second-order valence-electron chi connectivity index (χ2n) is 7.26. The maximum absolute atomic E-state index is 12.1. The summed E-state index contributed by atoms with van der Waals surface area (Å²) in [5, 5.41) is 39.4. The highest BCUT2D eigenvalue weighted by atomic mass is 16.8. The molecule has 11 heteroatoms. The van der Waals surface area contributed by atoms with Gasteiger partial charge in [-0.05, 0) is 0 Å². The first-order chi connectivity index (χ1) is 13.4. The van der Waals surface area contributed by atoms with E-state index in [0.29, 0.717) is 12.0 Å². The van der Waals surface area contributed by atoms with Crippen LogP contribution < -0.4 is 0 Å². The minimum absolute atomic E-state index is 0.290. The third kappa shape index (κ3) is 3.31. The average Bonchev–Trinajstić information content (AvgIpc) is 3.08.